The van der Waals surface area contributed by atoms with Crippen molar-refractivity contribution in [1.82, 2.24) is 0 Å². The van der Waals surface area contributed by atoms with Gasteiger partial charge in [-0.2, -0.15) is 0 Å². The molecule has 2 atom stereocenters. The van der Waals surface area contributed by atoms with Gasteiger partial charge in [-0.25, -0.2) is 0 Å². The molecule has 0 aromatic rings. The highest BCUT2D eigenvalue weighted by Gasteiger charge is 2.20. The van der Waals surface area contributed by atoms with E-state index >= 15 is 0 Å². The van der Waals surface area contributed by atoms with Crippen molar-refractivity contribution in [3.63, 3.8) is 0 Å². The number of hydrogen-bond acceptors (Lipinski definition) is 2. The standard InChI is InChI=1S/C7H15NO/c1-2-7(8)6-3-4-9-5-6/h6-7H,2-5,8H2,1H3/t6-,7+/m1/s1. The summed E-state index contributed by atoms with van der Waals surface area (Å²) in [5.41, 5.74) is 5.80. The molecule has 0 unspecified atom stereocenters. The van der Waals surface area contributed by atoms with Crippen LogP contribution < -0.4 is 5.73 Å². The lowest BCUT2D eigenvalue weighted by Gasteiger charge is -2.14. The maximum atomic E-state index is 5.80. The van der Waals surface area contributed by atoms with E-state index in [1.807, 2.05) is 0 Å². The van der Waals surface area contributed by atoms with Gasteiger partial charge >= 0.3 is 0 Å². The zero-order valence-corrected chi connectivity index (χ0v) is 5.97. The Morgan fingerprint density at radius 3 is 3.00 bits per heavy atom. The van der Waals surface area contributed by atoms with E-state index < -0.39 is 0 Å². The molecule has 0 spiro atoms. The molecule has 0 saturated carbocycles. The molecule has 0 aliphatic carbocycles. The van der Waals surface area contributed by atoms with Gasteiger partial charge in [0.15, 0.2) is 0 Å². The van der Waals surface area contributed by atoms with Crippen LogP contribution in [0.5, 0.6) is 0 Å². The Kier molecular flexibility index (Phi) is 2.49. The summed E-state index contributed by atoms with van der Waals surface area (Å²) < 4.78 is 5.20. The lowest BCUT2D eigenvalue weighted by atomic mass is 9.98. The summed E-state index contributed by atoms with van der Waals surface area (Å²) in [5, 5.41) is 0. The molecule has 2 nitrogen and oxygen atoms in total. The van der Waals surface area contributed by atoms with E-state index in [2.05, 4.69) is 6.92 Å². The van der Waals surface area contributed by atoms with Crippen LogP contribution in [0.25, 0.3) is 0 Å². The van der Waals surface area contributed by atoms with Crippen LogP contribution in [0.3, 0.4) is 0 Å². The molecule has 54 valence electrons. The first-order valence-corrected chi connectivity index (χ1v) is 3.68. The summed E-state index contributed by atoms with van der Waals surface area (Å²) in [4.78, 5) is 0. The van der Waals surface area contributed by atoms with Crippen molar-refractivity contribution in [3.05, 3.63) is 0 Å². The van der Waals surface area contributed by atoms with E-state index in [1.54, 1.807) is 0 Å². The third-order valence-corrected chi connectivity index (χ3v) is 2.04. The fraction of sp³-hybridized carbons (Fsp3) is 1.00. The largest absolute Gasteiger partial charge is 0.381 e. The van der Waals surface area contributed by atoms with E-state index in [4.69, 9.17) is 10.5 Å². The molecule has 1 saturated heterocycles. The minimum Gasteiger partial charge on any atom is -0.381 e. The highest BCUT2D eigenvalue weighted by molar-refractivity contribution is 4.74. The predicted molar refractivity (Wildman–Crippen MR) is 37.2 cm³/mol. The highest BCUT2D eigenvalue weighted by Crippen LogP contribution is 2.16. The summed E-state index contributed by atoms with van der Waals surface area (Å²) >= 11 is 0. The third-order valence-electron chi connectivity index (χ3n) is 2.04. The predicted octanol–water partition coefficient (Wildman–Crippen LogP) is 0.760. The van der Waals surface area contributed by atoms with Crippen LogP contribution in [-0.4, -0.2) is 19.3 Å². The second kappa shape index (κ2) is 3.18. The molecule has 9 heavy (non-hydrogen) atoms. The fourth-order valence-electron chi connectivity index (χ4n) is 1.22. The molecule has 1 rings (SSSR count). The quantitative estimate of drug-likeness (QED) is 0.597. The van der Waals surface area contributed by atoms with Crippen molar-refractivity contribution in [1.29, 1.82) is 0 Å². The molecule has 0 aromatic carbocycles. The monoisotopic (exact) mass is 129 g/mol. The summed E-state index contributed by atoms with van der Waals surface area (Å²) in [6.07, 6.45) is 2.24. The van der Waals surface area contributed by atoms with Gasteiger partial charge in [-0.1, -0.05) is 6.92 Å². The Balaban J connectivity index is 2.24. The van der Waals surface area contributed by atoms with Crippen molar-refractivity contribution in [2.24, 2.45) is 11.7 Å². The van der Waals surface area contributed by atoms with Crippen LogP contribution in [0, 0.1) is 5.92 Å². The Labute approximate surface area is 56.4 Å². The lowest BCUT2D eigenvalue weighted by Crippen LogP contribution is -2.29. The van der Waals surface area contributed by atoms with Gasteiger partial charge in [-0.3, -0.25) is 0 Å². The zero-order valence-electron chi connectivity index (χ0n) is 5.97. The van der Waals surface area contributed by atoms with Gasteiger partial charge in [-0.15, -0.1) is 0 Å². The number of ether oxygens (including phenoxy) is 1. The Hall–Kier alpha value is -0.0800. The lowest BCUT2D eigenvalue weighted by molar-refractivity contribution is 0.180. The maximum absolute atomic E-state index is 5.80. The molecule has 2 heteroatoms. The first kappa shape index (κ1) is 7.03. The van der Waals surface area contributed by atoms with E-state index in [0.29, 0.717) is 12.0 Å². The molecule has 1 aliphatic heterocycles. The molecular formula is C7H15NO. The van der Waals surface area contributed by atoms with Crippen molar-refractivity contribution >= 4 is 0 Å². The SMILES string of the molecule is CC[C@H](N)[C@@H]1CCOC1. The van der Waals surface area contributed by atoms with E-state index in [9.17, 15) is 0 Å². The molecule has 0 bridgehead atoms. The summed E-state index contributed by atoms with van der Waals surface area (Å²) in [6, 6.07) is 0.368. The van der Waals surface area contributed by atoms with Crippen LogP contribution in [0.1, 0.15) is 19.8 Å². The molecule has 0 amide bonds. The van der Waals surface area contributed by atoms with Gasteiger partial charge in [0.25, 0.3) is 0 Å². The zero-order chi connectivity index (χ0) is 6.69. The van der Waals surface area contributed by atoms with Gasteiger partial charge in [0.05, 0.1) is 6.61 Å². The van der Waals surface area contributed by atoms with Crippen LogP contribution in [0.15, 0.2) is 0 Å². The average Bonchev–Trinajstić information content (AvgIpc) is 2.37. The Bertz CT molecular complexity index is 79.0. The van der Waals surface area contributed by atoms with Crippen molar-refractivity contribution in [2.45, 2.75) is 25.8 Å². The molecule has 0 radical (unpaired) electrons. The van der Waals surface area contributed by atoms with Gasteiger partial charge < -0.3 is 10.5 Å². The molecule has 2 N–H and O–H groups in total. The van der Waals surface area contributed by atoms with Gasteiger partial charge in [0.2, 0.25) is 0 Å². The number of nitrogens with two attached hydrogens (primary N) is 1. The van der Waals surface area contributed by atoms with Crippen molar-refractivity contribution < 1.29 is 4.74 Å². The summed E-state index contributed by atoms with van der Waals surface area (Å²) in [5.74, 6) is 0.634. The van der Waals surface area contributed by atoms with Crippen LogP contribution in [-0.2, 0) is 4.74 Å². The fourth-order valence-corrected chi connectivity index (χ4v) is 1.22. The molecule has 1 aliphatic rings. The number of rotatable bonds is 2. The highest BCUT2D eigenvalue weighted by atomic mass is 16.5. The first-order chi connectivity index (χ1) is 4.34. The second-order valence-electron chi connectivity index (χ2n) is 2.70. The minimum absolute atomic E-state index is 0.368. The van der Waals surface area contributed by atoms with Gasteiger partial charge in [0, 0.05) is 12.6 Å². The van der Waals surface area contributed by atoms with E-state index in [-0.39, 0.29) is 0 Å². The molecular weight excluding hydrogens is 114 g/mol. The maximum Gasteiger partial charge on any atom is 0.0509 e. The first-order valence-electron chi connectivity index (χ1n) is 3.68. The Morgan fingerprint density at radius 2 is 2.56 bits per heavy atom. The average molecular weight is 129 g/mol. The van der Waals surface area contributed by atoms with Crippen molar-refractivity contribution in [2.75, 3.05) is 13.2 Å². The second-order valence-corrected chi connectivity index (χ2v) is 2.70. The summed E-state index contributed by atoms with van der Waals surface area (Å²) in [6.45, 7) is 3.93. The van der Waals surface area contributed by atoms with Crippen LogP contribution >= 0.6 is 0 Å². The normalized spacial score (nSPS) is 30.7. The smallest absolute Gasteiger partial charge is 0.0509 e. The molecule has 1 fully saturated rings. The third kappa shape index (κ3) is 1.66. The molecule has 1 heterocycles. The van der Waals surface area contributed by atoms with E-state index in [0.717, 1.165) is 26.1 Å². The minimum atomic E-state index is 0.368. The van der Waals surface area contributed by atoms with E-state index in [1.165, 1.54) is 0 Å². The summed E-state index contributed by atoms with van der Waals surface area (Å²) in [7, 11) is 0. The van der Waals surface area contributed by atoms with Crippen LogP contribution in [0.2, 0.25) is 0 Å². The van der Waals surface area contributed by atoms with Gasteiger partial charge in [0.1, 0.15) is 0 Å². The number of hydrogen-bond donors (Lipinski definition) is 1. The van der Waals surface area contributed by atoms with Crippen LogP contribution in [0.4, 0.5) is 0 Å². The van der Waals surface area contributed by atoms with Crippen molar-refractivity contribution in [3.8, 4) is 0 Å². The van der Waals surface area contributed by atoms with Gasteiger partial charge in [-0.05, 0) is 18.8 Å². The molecule has 0 aromatic heterocycles. The Morgan fingerprint density at radius 1 is 1.78 bits per heavy atom. The topological polar surface area (TPSA) is 35.2 Å².